The van der Waals surface area contributed by atoms with E-state index >= 15 is 0 Å². The summed E-state index contributed by atoms with van der Waals surface area (Å²) in [6, 6.07) is 3.69. The van der Waals surface area contributed by atoms with Crippen LogP contribution in [0.1, 0.15) is 50.9 Å². The molecule has 1 saturated heterocycles. The molecule has 1 amide bonds. The number of hydrogen-bond acceptors (Lipinski definition) is 5. The maximum atomic E-state index is 13.0. The van der Waals surface area contributed by atoms with Gasteiger partial charge in [-0.1, -0.05) is 0 Å². The molecule has 0 aliphatic carbocycles. The molecule has 154 valence electrons. The highest BCUT2D eigenvalue weighted by Crippen LogP contribution is 2.39. The number of ether oxygens (including phenoxy) is 3. The van der Waals surface area contributed by atoms with Crippen molar-refractivity contribution in [1.82, 2.24) is 4.90 Å². The van der Waals surface area contributed by atoms with Gasteiger partial charge in [-0.15, -0.1) is 12.4 Å². The third kappa shape index (κ3) is 5.91. The van der Waals surface area contributed by atoms with E-state index in [0.29, 0.717) is 48.6 Å². The van der Waals surface area contributed by atoms with Gasteiger partial charge in [-0.3, -0.25) is 4.79 Å². The van der Waals surface area contributed by atoms with E-state index < -0.39 is 0 Å². The lowest BCUT2D eigenvalue weighted by Gasteiger charge is -2.34. The van der Waals surface area contributed by atoms with Crippen molar-refractivity contribution in [2.75, 3.05) is 32.9 Å². The zero-order valence-corrected chi connectivity index (χ0v) is 17.6. The average Bonchev–Trinajstić information content (AvgIpc) is 2.64. The second-order valence-corrected chi connectivity index (χ2v) is 6.59. The van der Waals surface area contributed by atoms with E-state index in [0.717, 1.165) is 25.9 Å². The first-order valence-corrected chi connectivity index (χ1v) is 9.63. The summed E-state index contributed by atoms with van der Waals surface area (Å²) >= 11 is 0. The topological polar surface area (TPSA) is 74.0 Å². The second kappa shape index (κ2) is 11.2. The van der Waals surface area contributed by atoms with Crippen molar-refractivity contribution < 1.29 is 19.0 Å². The van der Waals surface area contributed by atoms with Crippen molar-refractivity contribution >= 4 is 18.3 Å². The summed E-state index contributed by atoms with van der Waals surface area (Å²) in [5.41, 5.74) is 6.57. The number of benzene rings is 1. The number of rotatable bonds is 8. The first kappa shape index (κ1) is 23.4. The van der Waals surface area contributed by atoms with E-state index in [-0.39, 0.29) is 24.4 Å². The summed E-state index contributed by atoms with van der Waals surface area (Å²) < 4.78 is 17.1. The number of halogens is 1. The lowest BCUT2D eigenvalue weighted by atomic mass is 9.90. The Kier molecular flexibility index (Phi) is 9.74. The van der Waals surface area contributed by atoms with Gasteiger partial charge in [0.05, 0.1) is 19.8 Å². The van der Waals surface area contributed by atoms with Crippen LogP contribution in [-0.4, -0.2) is 49.8 Å². The minimum atomic E-state index is -0.00178. The molecule has 1 aliphatic rings. The van der Waals surface area contributed by atoms with Gasteiger partial charge in [0.2, 0.25) is 5.75 Å². The molecule has 1 aliphatic heterocycles. The Labute approximate surface area is 168 Å². The molecule has 0 bridgehead atoms. The number of amides is 1. The van der Waals surface area contributed by atoms with E-state index in [9.17, 15) is 4.79 Å². The maximum absolute atomic E-state index is 13.0. The Balaban J connectivity index is 0.00000364. The van der Waals surface area contributed by atoms with Crippen LogP contribution in [0, 0.1) is 5.92 Å². The molecule has 1 fully saturated rings. The molecule has 27 heavy (non-hydrogen) atoms. The van der Waals surface area contributed by atoms with Crippen LogP contribution in [0.3, 0.4) is 0 Å². The third-order valence-electron chi connectivity index (χ3n) is 4.73. The SMILES string of the molecule is CCOc1cc(C(=O)N2CCC(C(C)N)CC2)cc(OCC)c1OCC.Cl. The number of piperidine rings is 1. The molecule has 7 heteroatoms. The molecule has 6 nitrogen and oxygen atoms in total. The Morgan fingerprint density at radius 3 is 1.96 bits per heavy atom. The number of nitrogens with zero attached hydrogens (tertiary/aromatic N) is 1. The molecule has 1 aromatic rings. The van der Waals surface area contributed by atoms with E-state index in [4.69, 9.17) is 19.9 Å². The highest BCUT2D eigenvalue weighted by Gasteiger charge is 2.27. The first-order valence-electron chi connectivity index (χ1n) is 9.63. The van der Waals surface area contributed by atoms with Crippen LogP contribution in [0.25, 0.3) is 0 Å². The Morgan fingerprint density at radius 2 is 1.56 bits per heavy atom. The van der Waals surface area contributed by atoms with Crippen molar-refractivity contribution in [3.63, 3.8) is 0 Å². The fourth-order valence-corrected chi connectivity index (χ4v) is 3.32. The Bertz CT molecular complexity index is 575. The summed E-state index contributed by atoms with van der Waals surface area (Å²) in [6.07, 6.45) is 1.88. The van der Waals surface area contributed by atoms with Crippen LogP contribution in [0.5, 0.6) is 17.2 Å². The molecule has 2 rings (SSSR count). The van der Waals surface area contributed by atoms with Gasteiger partial charge in [-0.2, -0.15) is 0 Å². The molecule has 2 N–H and O–H groups in total. The lowest BCUT2D eigenvalue weighted by molar-refractivity contribution is 0.0680. The zero-order chi connectivity index (χ0) is 19.1. The number of likely N-dealkylation sites (tertiary alicyclic amines) is 1. The smallest absolute Gasteiger partial charge is 0.254 e. The Morgan fingerprint density at radius 1 is 1.07 bits per heavy atom. The molecule has 0 saturated carbocycles. The predicted molar refractivity (Wildman–Crippen MR) is 109 cm³/mol. The minimum absolute atomic E-state index is 0. The van der Waals surface area contributed by atoms with Crippen molar-refractivity contribution in [3.05, 3.63) is 17.7 Å². The van der Waals surface area contributed by atoms with E-state index in [1.54, 1.807) is 12.1 Å². The van der Waals surface area contributed by atoms with Crippen LogP contribution in [-0.2, 0) is 0 Å². The molecular formula is C20H33ClN2O4. The zero-order valence-electron chi connectivity index (χ0n) is 16.8. The highest BCUT2D eigenvalue weighted by molar-refractivity contribution is 5.95. The van der Waals surface area contributed by atoms with E-state index in [2.05, 4.69) is 0 Å². The third-order valence-corrected chi connectivity index (χ3v) is 4.73. The van der Waals surface area contributed by atoms with Crippen molar-refractivity contribution in [2.45, 2.75) is 46.6 Å². The van der Waals surface area contributed by atoms with E-state index in [1.165, 1.54) is 0 Å². The van der Waals surface area contributed by atoms with Gasteiger partial charge in [0.1, 0.15) is 0 Å². The van der Waals surface area contributed by atoms with Gasteiger partial charge in [0, 0.05) is 24.7 Å². The van der Waals surface area contributed by atoms with Crippen molar-refractivity contribution in [2.24, 2.45) is 11.7 Å². The Hall–Kier alpha value is -1.66. The quantitative estimate of drug-likeness (QED) is 0.722. The van der Waals surface area contributed by atoms with Gasteiger partial charge in [0.15, 0.2) is 11.5 Å². The summed E-state index contributed by atoms with van der Waals surface area (Å²) in [7, 11) is 0. The van der Waals surface area contributed by atoms with Gasteiger partial charge in [-0.05, 0) is 58.6 Å². The van der Waals surface area contributed by atoms with Crippen LogP contribution >= 0.6 is 12.4 Å². The first-order chi connectivity index (χ1) is 12.5. The van der Waals surface area contributed by atoms with Crippen LogP contribution in [0.15, 0.2) is 12.1 Å². The lowest BCUT2D eigenvalue weighted by Crippen LogP contribution is -2.42. The fourth-order valence-electron chi connectivity index (χ4n) is 3.32. The minimum Gasteiger partial charge on any atom is -0.490 e. The van der Waals surface area contributed by atoms with Gasteiger partial charge in [-0.25, -0.2) is 0 Å². The van der Waals surface area contributed by atoms with Gasteiger partial charge >= 0.3 is 0 Å². The van der Waals surface area contributed by atoms with Gasteiger partial charge in [0.25, 0.3) is 5.91 Å². The van der Waals surface area contributed by atoms with Crippen molar-refractivity contribution in [3.8, 4) is 17.2 Å². The van der Waals surface area contributed by atoms with Crippen molar-refractivity contribution in [1.29, 1.82) is 0 Å². The number of nitrogens with two attached hydrogens (primary N) is 1. The average molecular weight is 401 g/mol. The normalized spacial score (nSPS) is 15.7. The molecular weight excluding hydrogens is 368 g/mol. The highest BCUT2D eigenvalue weighted by atomic mass is 35.5. The summed E-state index contributed by atoms with van der Waals surface area (Å²) in [6.45, 7) is 10.7. The summed E-state index contributed by atoms with van der Waals surface area (Å²) in [5.74, 6) is 2.14. The van der Waals surface area contributed by atoms with Crippen LogP contribution in [0.4, 0.5) is 0 Å². The van der Waals surface area contributed by atoms with Crippen LogP contribution < -0.4 is 19.9 Å². The maximum Gasteiger partial charge on any atom is 0.254 e. The number of carbonyl (C=O) groups excluding carboxylic acids is 1. The predicted octanol–water partition coefficient (Wildman–Crippen LogP) is 3.50. The number of hydrogen-bond donors (Lipinski definition) is 1. The molecule has 1 atom stereocenters. The molecule has 1 heterocycles. The standard InChI is InChI=1S/C20H32N2O4.ClH/c1-5-24-17-12-16(13-18(25-6-2)19(17)26-7-3)20(23)22-10-8-15(9-11-22)14(4)21;/h12-15H,5-11,21H2,1-4H3;1H. The van der Waals surface area contributed by atoms with Gasteiger partial charge < -0.3 is 24.8 Å². The second-order valence-electron chi connectivity index (χ2n) is 6.59. The summed E-state index contributed by atoms with van der Waals surface area (Å²) in [4.78, 5) is 14.9. The molecule has 1 unspecified atom stereocenters. The molecule has 0 spiro atoms. The van der Waals surface area contributed by atoms with Crippen LogP contribution in [0.2, 0.25) is 0 Å². The monoisotopic (exact) mass is 400 g/mol. The summed E-state index contributed by atoms with van der Waals surface area (Å²) in [5, 5.41) is 0. The fraction of sp³-hybridized carbons (Fsp3) is 0.650. The number of carbonyl (C=O) groups is 1. The molecule has 0 aromatic heterocycles. The molecule has 1 aromatic carbocycles. The largest absolute Gasteiger partial charge is 0.490 e. The van der Waals surface area contributed by atoms with E-state index in [1.807, 2.05) is 32.6 Å². The molecule has 0 radical (unpaired) electrons.